The molecule has 1 aromatic rings. The number of hydrogen-bond acceptors (Lipinski definition) is 4. The van der Waals surface area contributed by atoms with Gasteiger partial charge in [0.1, 0.15) is 0 Å². The molecular weight excluding hydrogens is 372 g/mol. The lowest BCUT2D eigenvalue weighted by Gasteiger charge is -2.33. The topological polar surface area (TPSA) is 66.0 Å². The van der Waals surface area contributed by atoms with Crippen molar-refractivity contribution in [2.45, 2.75) is 38.0 Å². The monoisotopic (exact) mass is 408 g/mol. The first-order valence-corrected chi connectivity index (χ1v) is 11.8. The molecule has 1 saturated heterocycles. The van der Waals surface area contributed by atoms with Crippen molar-refractivity contribution in [3.63, 3.8) is 0 Å². The number of piperidine rings is 1. The SMILES string of the molecule is CCNC(=NCCS(=O)Cc1ccccc1)NC1CCN(CCCOC)CC1. The van der Waals surface area contributed by atoms with Crippen molar-refractivity contribution in [2.75, 3.05) is 52.2 Å². The van der Waals surface area contributed by atoms with Gasteiger partial charge in [-0.3, -0.25) is 9.20 Å². The lowest BCUT2D eigenvalue weighted by Crippen LogP contribution is -2.49. The Labute approximate surface area is 172 Å². The molecule has 2 rings (SSSR count). The van der Waals surface area contributed by atoms with Gasteiger partial charge in [0.15, 0.2) is 5.96 Å². The van der Waals surface area contributed by atoms with Crippen LogP contribution in [0.5, 0.6) is 0 Å². The Morgan fingerprint density at radius 1 is 1.29 bits per heavy atom. The van der Waals surface area contributed by atoms with E-state index in [-0.39, 0.29) is 0 Å². The van der Waals surface area contributed by atoms with Crippen LogP contribution >= 0.6 is 0 Å². The van der Waals surface area contributed by atoms with E-state index in [9.17, 15) is 4.21 Å². The van der Waals surface area contributed by atoms with Crippen LogP contribution in [0, 0.1) is 0 Å². The van der Waals surface area contributed by atoms with Crippen molar-refractivity contribution in [3.05, 3.63) is 35.9 Å². The molecule has 0 amide bonds. The molecular formula is C21H36N4O2S. The zero-order valence-electron chi connectivity index (χ0n) is 17.4. The summed E-state index contributed by atoms with van der Waals surface area (Å²) in [4.78, 5) is 7.15. The maximum Gasteiger partial charge on any atom is 0.191 e. The molecule has 2 N–H and O–H groups in total. The second-order valence-electron chi connectivity index (χ2n) is 7.14. The summed E-state index contributed by atoms with van der Waals surface area (Å²) < 4.78 is 17.4. The normalized spacial score (nSPS) is 17.4. The Hall–Kier alpha value is -1.44. The van der Waals surface area contributed by atoms with Gasteiger partial charge in [0, 0.05) is 68.2 Å². The number of rotatable bonds is 11. The summed E-state index contributed by atoms with van der Waals surface area (Å²) in [5.74, 6) is 2.03. The van der Waals surface area contributed by atoms with Crippen molar-refractivity contribution in [2.24, 2.45) is 4.99 Å². The molecule has 0 spiro atoms. The first-order valence-electron chi connectivity index (χ1n) is 10.4. The molecule has 0 radical (unpaired) electrons. The van der Waals surface area contributed by atoms with Gasteiger partial charge in [0.05, 0.1) is 6.54 Å². The van der Waals surface area contributed by atoms with Gasteiger partial charge in [0.25, 0.3) is 0 Å². The van der Waals surface area contributed by atoms with Crippen LogP contribution in [0.1, 0.15) is 31.7 Å². The number of hydrogen-bond donors (Lipinski definition) is 2. The van der Waals surface area contributed by atoms with E-state index in [0.29, 0.717) is 24.1 Å². The molecule has 7 heteroatoms. The van der Waals surface area contributed by atoms with Crippen molar-refractivity contribution in [1.29, 1.82) is 0 Å². The highest BCUT2D eigenvalue weighted by atomic mass is 32.2. The van der Waals surface area contributed by atoms with E-state index in [0.717, 1.165) is 63.6 Å². The Morgan fingerprint density at radius 3 is 2.71 bits per heavy atom. The predicted molar refractivity (Wildman–Crippen MR) is 118 cm³/mol. The summed E-state index contributed by atoms with van der Waals surface area (Å²) in [6, 6.07) is 10.4. The number of aliphatic imine (C=N–C) groups is 1. The van der Waals surface area contributed by atoms with Crippen molar-refractivity contribution in [1.82, 2.24) is 15.5 Å². The lowest BCUT2D eigenvalue weighted by molar-refractivity contribution is 0.155. The van der Waals surface area contributed by atoms with Crippen LogP contribution in [-0.4, -0.2) is 73.3 Å². The van der Waals surface area contributed by atoms with Crippen LogP contribution in [0.25, 0.3) is 0 Å². The molecule has 1 fully saturated rings. The summed E-state index contributed by atoms with van der Waals surface area (Å²) in [5.41, 5.74) is 1.12. The molecule has 158 valence electrons. The number of benzene rings is 1. The number of nitrogens with zero attached hydrogens (tertiary/aromatic N) is 2. The molecule has 0 bridgehead atoms. The molecule has 28 heavy (non-hydrogen) atoms. The number of guanidine groups is 1. The van der Waals surface area contributed by atoms with E-state index >= 15 is 0 Å². The maximum atomic E-state index is 12.3. The van der Waals surface area contributed by atoms with E-state index < -0.39 is 10.8 Å². The van der Waals surface area contributed by atoms with Gasteiger partial charge in [-0.1, -0.05) is 30.3 Å². The smallest absolute Gasteiger partial charge is 0.191 e. The van der Waals surface area contributed by atoms with E-state index in [2.05, 4.69) is 27.4 Å². The average Bonchev–Trinajstić information content (AvgIpc) is 2.70. The lowest BCUT2D eigenvalue weighted by atomic mass is 10.1. The Bertz CT molecular complexity index is 589. The fourth-order valence-electron chi connectivity index (χ4n) is 3.34. The highest BCUT2D eigenvalue weighted by Crippen LogP contribution is 2.10. The molecule has 0 saturated carbocycles. The van der Waals surface area contributed by atoms with Crippen LogP contribution in [-0.2, 0) is 21.3 Å². The first kappa shape index (κ1) is 22.8. The van der Waals surface area contributed by atoms with Gasteiger partial charge in [-0.2, -0.15) is 0 Å². The van der Waals surface area contributed by atoms with E-state index in [4.69, 9.17) is 4.74 Å². The summed E-state index contributed by atoms with van der Waals surface area (Å²) >= 11 is 0. The summed E-state index contributed by atoms with van der Waals surface area (Å²) in [7, 11) is 0.872. The Kier molecular flexibility index (Phi) is 11.2. The number of ether oxygens (including phenoxy) is 1. The number of nitrogens with one attached hydrogen (secondary N) is 2. The van der Waals surface area contributed by atoms with Crippen LogP contribution < -0.4 is 10.6 Å². The Balaban J connectivity index is 1.71. The molecule has 1 aliphatic rings. The van der Waals surface area contributed by atoms with Crippen LogP contribution in [0.4, 0.5) is 0 Å². The minimum Gasteiger partial charge on any atom is -0.385 e. The minimum atomic E-state index is -0.887. The second-order valence-corrected chi connectivity index (χ2v) is 8.72. The third kappa shape index (κ3) is 9.17. The van der Waals surface area contributed by atoms with Gasteiger partial charge in [-0.25, -0.2) is 0 Å². The van der Waals surface area contributed by atoms with E-state index in [1.165, 1.54) is 0 Å². The first-order chi connectivity index (χ1) is 13.7. The average molecular weight is 409 g/mol. The van der Waals surface area contributed by atoms with Crippen LogP contribution in [0.15, 0.2) is 35.3 Å². The highest BCUT2D eigenvalue weighted by Gasteiger charge is 2.19. The van der Waals surface area contributed by atoms with Crippen LogP contribution in [0.2, 0.25) is 0 Å². The van der Waals surface area contributed by atoms with E-state index in [1.807, 2.05) is 30.3 Å². The molecule has 6 nitrogen and oxygen atoms in total. The summed E-state index contributed by atoms with van der Waals surface area (Å²) in [6.45, 7) is 7.65. The maximum absolute atomic E-state index is 12.3. The van der Waals surface area contributed by atoms with Crippen molar-refractivity contribution < 1.29 is 8.95 Å². The number of methoxy groups -OCH3 is 1. The third-order valence-corrected chi connectivity index (χ3v) is 6.15. The molecule has 1 aromatic carbocycles. The fraction of sp³-hybridized carbons (Fsp3) is 0.667. The molecule has 1 atom stereocenters. The van der Waals surface area contributed by atoms with E-state index in [1.54, 1.807) is 7.11 Å². The molecule has 1 aliphatic heterocycles. The zero-order valence-corrected chi connectivity index (χ0v) is 18.2. The zero-order chi connectivity index (χ0) is 20.0. The quantitative estimate of drug-likeness (QED) is 0.333. The van der Waals surface area contributed by atoms with Crippen molar-refractivity contribution >= 4 is 16.8 Å². The Morgan fingerprint density at radius 2 is 2.04 bits per heavy atom. The molecule has 0 aromatic heterocycles. The van der Waals surface area contributed by atoms with Gasteiger partial charge in [-0.15, -0.1) is 0 Å². The van der Waals surface area contributed by atoms with Gasteiger partial charge < -0.3 is 20.3 Å². The highest BCUT2D eigenvalue weighted by molar-refractivity contribution is 7.84. The molecule has 0 aliphatic carbocycles. The minimum absolute atomic E-state index is 0.450. The van der Waals surface area contributed by atoms with Gasteiger partial charge in [-0.05, 0) is 31.7 Å². The van der Waals surface area contributed by atoms with Gasteiger partial charge in [0.2, 0.25) is 0 Å². The van der Waals surface area contributed by atoms with Crippen LogP contribution in [0.3, 0.4) is 0 Å². The summed E-state index contributed by atoms with van der Waals surface area (Å²) in [5, 5.41) is 6.87. The number of likely N-dealkylation sites (tertiary alicyclic amines) is 1. The third-order valence-electron chi connectivity index (χ3n) is 4.85. The summed E-state index contributed by atoms with van der Waals surface area (Å²) in [6.07, 6.45) is 3.34. The predicted octanol–water partition coefficient (Wildman–Crippen LogP) is 1.99. The molecule has 1 heterocycles. The van der Waals surface area contributed by atoms with Crippen molar-refractivity contribution in [3.8, 4) is 0 Å². The van der Waals surface area contributed by atoms with Gasteiger partial charge >= 0.3 is 0 Å². The fourth-order valence-corrected chi connectivity index (χ4v) is 4.34. The second kappa shape index (κ2) is 13.7. The molecule has 1 unspecified atom stereocenters. The largest absolute Gasteiger partial charge is 0.385 e. The standard InChI is InChI=1S/C21H36N4O2S/c1-3-22-21(23-12-17-28(26)18-19-8-5-4-6-9-19)24-20-10-14-25(15-11-20)13-7-16-27-2/h4-6,8-9,20H,3,7,10-18H2,1-2H3,(H2,22,23,24).